The Morgan fingerprint density at radius 2 is 2.29 bits per heavy atom. The molecule has 0 amide bonds. The standard InChI is InChI=1S/C8H4N4OS/c9-5-6-1-2-10-7(12-6)14-8-11-3-4-13-8/h1-4H. The molecule has 0 atom stereocenters. The van der Waals surface area contributed by atoms with Crippen LogP contribution in [0.15, 0.2) is 39.5 Å². The summed E-state index contributed by atoms with van der Waals surface area (Å²) in [6, 6.07) is 3.47. The van der Waals surface area contributed by atoms with Crippen LogP contribution in [0.2, 0.25) is 0 Å². The molecule has 0 fully saturated rings. The maximum atomic E-state index is 8.60. The van der Waals surface area contributed by atoms with Crippen LogP contribution in [-0.2, 0) is 0 Å². The van der Waals surface area contributed by atoms with Gasteiger partial charge in [-0.15, -0.1) is 0 Å². The third kappa shape index (κ3) is 1.89. The molecule has 0 aromatic carbocycles. The second kappa shape index (κ2) is 3.89. The molecule has 2 rings (SSSR count). The van der Waals surface area contributed by atoms with Gasteiger partial charge in [0.25, 0.3) is 5.22 Å². The third-order valence-electron chi connectivity index (χ3n) is 1.34. The Morgan fingerprint density at radius 1 is 1.36 bits per heavy atom. The normalized spacial score (nSPS) is 9.64. The van der Waals surface area contributed by atoms with Gasteiger partial charge in [-0.05, 0) is 6.07 Å². The van der Waals surface area contributed by atoms with E-state index in [-0.39, 0.29) is 0 Å². The first-order valence-electron chi connectivity index (χ1n) is 3.69. The zero-order valence-electron chi connectivity index (χ0n) is 6.91. The summed E-state index contributed by atoms with van der Waals surface area (Å²) in [5.74, 6) is 0. The van der Waals surface area contributed by atoms with E-state index in [1.54, 1.807) is 6.07 Å². The van der Waals surface area contributed by atoms with Crippen LogP contribution in [0, 0.1) is 11.3 Å². The molecule has 2 aromatic heterocycles. The van der Waals surface area contributed by atoms with Gasteiger partial charge in [-0.1, -0.05) is 0 Å². The van der Waals surface area contributed by atoms with Crippen LogP contribution < -0.4 is 0 Å². The Hall–Kier alpha value is -1.87. The van der Waals surface area contributed by atoms with Crippen LogP contribution in [0.25, 0.3) is 0 Å². The Balaban J connectivity index is 2.22. The molecule has 14 heavy (non-hydrogen) atoms. The first-order chi connectivity index (χ1) is 6.88. The van der Waals surface area contributed by atoms with Gasteiger partial charge in [0, 0.05) is 18.0 Å². The van der Waals surface area contributed by atoms with Crippen LogP contribution >= 0.6 is 11.8 Å². The van der Waals surface area contributed by atoms with E-state index in [1.807, 2.05) is 6.07 Å². The van der Waals surface area contributed by atoms with Crippen molar-refractivity contribution in [1.29, 1.82) is 5.26 Å². The highest BCUT2D eigenvalue weighted by atomic mass is 32.2. The van der Waals surface area contributed by atoms with Gasteiger partial charge in [0.1, 0.15) is 18.0 Å². The number of nitriles is 1. The Kier molecular flexibility index (Phi) is 2.42. The number of rotatable bonds is 2. The van der Waals surface area contributed by atoms with Crippen LogP contribution in [0.5, 0.6) is 0 Å². The van der Waals surface area contributed by atoms with Crippen molar-refractivity contribution in [3.8, 4) is 6.07 Å². The highest BCUT2D eigenvalue weighted by molar-refractivity contribution is 7.98. The minimum absolute atomic E-state index is 0.328. The van der Waals surface area contributed by atoms with Gasteiger partial charge in [-0.3, -0.25) is 0 Å². The maximum absolute atomic E-state index is 8.60. The molecule has 2 heterocycles. The van der Waals surface area contributed by atoms with Gasteiger partial charge in [-0.25, -0.2) is 15.0 Å². The van der Waals surface area contributed by atoms with Gasteiger partial charge >= 0.3 is 0 Å². The molecule has 0 saturated carbocycles. The summed E-state index contributed by atoms with van der Waals surface area (Å²) in [6.07, 6.45) is 4.53. The zero-order valence-corrected chi connectivity index (χ0v) is 7.73. The molecular weight excluding hydrogens is 200 g/mol. The summed E-state index contributed by atoms with van der Waals surface area (Å²) in [7, 11) is 0. The lowest BCUT2D eigenvalue weighted by Crippen LogP contribution is -1.88. The summed E-state index contributed by atoms with van der Waals surface area (Å²) in [4.78, 5) is 11.8. The topological polar surface area (TPSA) is 75.6 Å². The molecule has 0 N–H and O–H groups in total. The fraction of sp³-hybridized carbons (Fsp3) is 0. The first-order valence-corrected chi connectivity index (χ1v) is 4.50. The molecule has 0 aliphatic carbocycles. The number of hydrogen-bond donors (Lipinski definition) is 0. The lowest BCUT2D eigenvalue weighted by atomic mass is 10.5. The Labute approximate surface area is 83.8 Å². The van der Waals surface area contributed by atoms with Crippen molar-refractivity contribution in [3.05, 3.63) is 30.4 Å². The number of aromatic nitrogens is 3. The summed E-state index contributed by atoms with van der Waals surface area (Å²) >= 11 is 1.17. The van der Waals surface area contributed by atoms with Gasteiger partial charge < -0.3 is 4.42 Å². The molecule has 0 saturated heterocycles. The van der Waals surface area contributed by atoms with Crippen LogP contribution in [0.4, 0.5) is 0 Å². The van der Waals surface area contributed by atoms with E-state index in [0.29, 0.717) is 16.1 Å². The van der Waals surface area contributed by atoms with Gasteiger partial charge in [0.05, 0.1) is 6.20 Å². The van der Waals surface area contributed by atoms with Gasteiger partial charge in [0.2, 0.25) is 0 Å². The zero-order chi connectivity index (χ0) is 9.80. The summed E-state index contributed by atoms with van der Waals surface area (Å²) in [5.41, 5.74) is 0.328. The molecular formula is C8H4N4OS. The highest BCUT2D eigenvalue weighted by Crippen LogP contribution is 2.21. The van der Waals surface area contributed by atoms with E-state index in [9.17, 15) is 0 Å². The lowest BCUT2D eigenvalue weighted by Gasteiger charge is -1.93. The fourth-order valence-electron chi connectivity index (χ4n) is 0.791. The average molecular weight is 204 g/mol. The van der Waals surface area contributed by atoms with Crippen LogP contribution in [0.1, 0.15) is 5.69 Å². The molecule has 5 nitrogen and oxygen atoms in total. The van der Waals surface area contributed by atoms with E-state index in [1.165, 1.54) is 30.4 Å². The molecule has 68 valence electrons. The predicted molar refractivity (Wildman–Crippen MR) is 47.4 cm³/mol. The highest BCUT2D eigenvalue weighted by Gasteiger charge is 2.04. The van der Waals surface area contributed by atoms with E-state index in [2.05, 4.69) is 15.0 Å². The van der Waals surface area contributed by atoms with E-state index in [4.69, 9.17) is 9.68 Å². The third-order valence-corrected chi connectivity index (χ3v) is 2.09. The minimum Gasteiger partial charge on any atom is -0.440 e. The predicted octanol–water partition coefficient (Wildman–Crippen LogP) is 1.49. The van der Waals surface area contributed by atoms with Crippen molar-refractivity contribution in [3.63, 3.8) is 0 Å². The Bertz CT molecular complexity index is 462. The quantitative estimate of drug-likeness (QED) is 0.690. The van der Waals surface area contributed by atoms with E-state index in [0.717, 1.165) is 0 Å². The van der Waals surface area contributed by atoms with Crippen LogP contribution in [0.3, 0.4) is 0 Å². The molecule has 0 aliphatic heterocycles. The van der Waals surface area contributed by atoms with E-state index < -0.39 is 0 Å². The van der Waals surface area contributed by atoms with Crippen molar-refractivity contribution in [1.82, 2.24) is 15.0 Å². The molecule has 0 radical (unpaired) electrons. The molecule has 2 aromatic rings. The monoisotopic (exact) mass is 204 g/mol. The average Bonchev–Trinajstić information content (AvgIpc) is 2.71. The van der Waals surface area contributed by atoms with Gasteiger partial charge in [0.15, 0.2) is 5.16 Å². The minimum atomic E-state index is 0.328. The SMILES string of the molecule is N#Cc1ccnc(Sc2ncco2)n1. The van der Waals surface area contributed by atoms with Crippen molar-refractivity contribution >= 4 is 11.8 Å². The van der Waals surface area contributed by atoms with Crippen molar-refractivity contribution < 1.29 is 4.42 Å². The molecule has 0 unspecified atom stereocenters. The summed E-state index contributed by atoms with van der Waals surface area (Å²) < 4.78 is 5.00. The maximum Gasteiger partial charge on any atom is 0.263 e. The first kappa shape index (κ1) is 8.72. The number of oxazole rings is 1. The fourth-order valence-corrected chi connectivity index (χ4v) is 1.42. The van der Waals surface area contributed by atoms with Crippen LogP contribution in [-0.4, -0.2) is 15.0 Å². The molecule has 6 heteroatoms. The second-order valence-corrected chi connectivity index (χ2v) is 3.15. The summed E-state index contributed by atoms with van der Waals surface area (Å²) in [6.45, 7) is 0. The molecule has 0 aliphatic rings. The summed E-state index contributed by atoms with van der Waals surface area (Å²) in [5, 5.41) is 9.51. The van der Waals surface area contributed by atoms with Crippen molar-refractivity contribution in [2.75, 3.05) is 0 Å². The van der Waals surface area contributed by atoms with Crippen molar-refractivity contribution in [2.45, 2.75) is 10.4 Å². The molecule has 0 bridgehead atoms. The second-order valence-electron chi connectivity index (χ2n) is 2.24. The number of hydrogen-bond acceptors (Lipinski definition) is 6. The van der Waals surface area contributed by atoms with E-state index >= 15 is 0 Å². The lowest BCUT2D eigenvalue weighted by molar-refractivity contribution is 0.453. The number of nitrogens with zero attached hydrogens (tertiary/aromatic N) is 4. The largest absolute Gasteiger partial charge is 0.440 e. The van der Waals surface area contributed by atoms with Gasteiger partial charge in [-0.2, -0.15) is 5.26 Å². The Morgan fingerprint density at radius 3 is 3.00 bits per heavy atom. The van der Waals surface area contributed by atoms with Crippen molar-refractivity contribution in [2.24, 2.45) is 0 Å². The smallest absolute Gasteiger partial charge is 0.263 e. The molecule has 0 spiro atoms.